The highest BCUT2D eigenvalue weighted by molar-refractivity contribution is 7.84. The van der Waals surface area contributed by atoms with Crippen LogP contribution in [0.15, 0.2) is 29.2 Å². The number of hydroxylamine groups is 2. The number of nitrogens with zero attached hydrogens (tertiary/aromatic N) is 1. The molecule has 1 atom stereocenters. The summed E-state index contributed by atoms with van der Waals surface area (Å²) in [6, 6.07) is 7.87. The fraction of sp³-hybridized carbons (Fsp3) is 0.650. The van der Waals surface area contributed by atoms with Crippen molar-refractivity contribution in [2.24, 2.45) is 11.3 Å². The van der Waals surface area contributed by atoms with E-state index in [1.807, 2.05) is 45.0 Å². The maximum Gasteiger partial charge on any atom is 0.330 e. The second kappa shape index (κ2) is 9.62. The van der Waals surface area contributed by atoms with Gasteiger partial charge in [-0.15, -0.1) is 5.06 Å². The van der Waals surface area contributed by atoms with Gasteiger partial charge in [-0.25, -0.2) is 4.79 Å². The van der Waals surface area contributed by atoms with Crippen LogP contribution in [-0.2, 0) is 31.6 Å². The molecular formula is C20H31NO4S. The number of hydrogen-bond donors (Lipinski definition) is 0. The van der Waals surface area contributed by atoms with Crippen LogP contribution in [0.4, 0.5) is 0 Å². The third kappa shape index (κ3) is 6.82. The van der Waals surface area contributed by atoms with Crippen LogP contribution in [-0.4, -0.2) is 47.8 Å². The molecule has 1 aromatic rings. The van der Waals surface area contributed by atoms with E-state index in [0.717, 1.165) is 43.9 Å². The van der Waals surface area contributed by atoms with Crippen LogP contribution < -0.4 is 0 Å². The Morgan fingerprint density at radius 1 is 1.19 bits per heavy atom. The zero-order valence-corrected chi connectivity index (χ0v) is 17.1. The number of rotatable bonds is 7. The monoisotopic (exact) mass is 381 g/mol. The van der Waals surface area contributed by atoms with E-state index >= 15 is 0 Å². The normalized spacial score (nSPS) is 17.8. The van der Waals surface area contributed by atoms with Gasteiger partial charge in [0.2, 0.25) is 0 Å². The summed E-state index contributed by atoms with van der Waals surface area (Å²) in [7, 11) is -0.927. The maximum atomic E-state index is 11.9. The summed E-state index contributed by atoms with van der Waals surface area (Å²) in [6.07, 6.45) is 4.51. The zero-order valence-electron chi connectivity index (χ0n) is 16.3. The van der Waals surface area contributed by atoms with Gasteiger partial charge in [0.05, 0.1) is 12.0 Å². The molecular weight excluding hydrogens is 350 g/mol. The van der Waals surface area contributed by atoms with Gasteiger partial charge in [-0.3, -0.25) is 4.21 Å². The summed E-state index contributed by atoms with van der Waals surface area (Å²) >= 11 is 0. The molecule has 146 valence electrons. The number of carbonyl (C=O) groups excluding carboxylic acids is 1. The molecule has 5 nitrogen and oxygen atoms in total. The first-order valence-corrected chi connectivity index (χ1v) is 10.8. The fourth-order valence-corrected chi connectivity index (χ4v) is 3.23. The van der Waals surface area contributed by atoms with Crippen molar-refractivity contribution < 1.29 is 18.6 Å². The summed E-state index contributed by atoms with van der Waals surface area (Å²) in [5, 5.41) is 1.78. The lowest BCUT2D eigenvalue weighted by molar-refractivity contribution is -0.206. The molecule has 6 heteroatoms. The lowest BCUT2D eigenvalue weighted by atomic mass is 9.97. The molecule has 1 aliphatic rings. The molecule has 1 aliphatic heterocycles. The fourth-order valence-electron chi connectivity index (χ4n) is 2.71. The highest BCUT2D eigenvalue weighted by Crippen LogP contribution is 2.21. The van der Waals surface area contributed by atoms with Gasteiger partial charge in [-0.05, 0) is 63.6 Å². The van der Waals surface area contributed by atoms with Gasteiger partial charge < -0.3 is 9.57 Å². The van der Waals surface area contributed by atoms with Crippen molar-refractivity contribution in [2.75, 3.05) is 32.6 Å². The quantitative estimate of drug-likeness (QED) is 0.679. The van der Waals surface area contributed by atoms with Crippen molar-refractivity contribution in [3.8, 4) is 0 Å². The largest absolute Gasteiger partial charge is 0.381 e. The molecule has 0 N–H and O–H groups in total. The molecule has 0 aromatic heterocycles. The van der Waals surface area contributed by atoms with Gasteiger partial charge in [0.15, 0.2) is 0 Å². The molecule has 1 fully saturated rings. The van der Waals surface area contributed by atoms with E-state index in [-0.39, 0.29) is 5.97 Å². The van der Waals surface area contributed by atoms with Crippen molar-refractivity contribution in [1.82, 2.24) is 5.06 Å². The average Bonchev–Trinajstić information content (AvgIpc) is 2.59. The summed E-state index contributed by atoms with van der Waals surface area (Å²) in [4.78, 5) is 18.2. The van der Waals surface area contributed by atoms with Crippen LogP contribution in [0.5, 0.6) is 0 Å². The summed E-state index contributed by atoms with van der Waals surface area (Å²) in [5.74, 6) is 0.342. The van der Waals surface area contributed by atoms with E-state index in [1.165, 1.54) is 5.56 Å². The molecule has 0 radical (unpaired) electrons. The van der Waals surface area contributed by atoms with E-state index in [0.29, 0.717) is 12.5 Å². The minimum atomic E-state index is -0.927. The Morgan fingerprint density at radius 2 is 1.81 bits per heavy atom. The van der Waals surface area contributed by atoms with Crippen molar-refractivity contribution >= 4 is 16.8 Å². The van der Waals surface area contributed by atoms with Crippen molar-refractivity contribution in [3.05, 3.63) is 29.8 Å². The lowest BCUT2D eigenvalue weighted by Crippen LogP contribution is -2.39. The first-order chi connectivity index (χ1) is 12.3. The van der Waals surface area contributed by atoms with E-state index in [2.05, 4.69) is 0 Å². The molecule has 0 bridgehead atoms. The molecule has 0 saturated carbocycles. The first kappa shape index (κ1) is 21.1. The average molecular weight is 382 g/mol. The molecule has 1 aromatic carbocycles. The van der Waals surface area contributed by atoms with E-state index in [4.69, 9.17) is 9.57 Å². The Balaban J connectivity index is 1.61. The topological polar surface area (TPSA) is 55.8 Å². The van der Waals surface area contributed by atoms with Gasteiger partial charge in [0.1, 0.15) is 0 Å². The minimum Gasteiger partial charge on any atom is -0.381 e. The van der Waals surface area contributed by atoms with Crippen molar-refractivity contribution in [2.45, 2.75) is 44.9 Å². The lowest BCUT2D eigenvalue weighted by Gasteiger charge is -2.32. The van der Waals surface area contributed by atoms with Gasteiger partial charge in [0.25, 0.3) is 0 Å². The molecule has 0 aliphatic carbocycles. The summed E-state index contributed by atoms with van der Waals surface area (Å²) in [5.41, 5.74) is 0.729. The Kier molecular flexibility index (Phi) is 7.80. The number of carbonyl (C=O) groups is 1. The number of benzene rings is 1. The third-order valence-electron chi connectivity index (χ3n) is 4.54. The minimum absolute atomic E-state index is 0.176. The van der Waals surface area contributed by atoms with Crippen LogP contribution in [0.3, 0.4) is 0 Å². The van der Waals surface area contributed by atoms with Crippen LogP contribution in [0.2, 0.25) is 0 Å². The van der Waals surface area contributed by atoms with Gasteiger partial charge >= 0.3 is 5.97 Å². The van der Waals surface area contributed by atoms with Crippen LogP contribution in [0, 0.1) is 11.3 Å². The van der Waals surface area contributed by atoms with Crippen molar-refractivity contribution in [3.63, 3.8) is 0 Å². The van der Waals surface area contributed by atoms with E-state index < -0.39 is 16.2 Å². The van der Waals surface area contributed by atoms with Gasteiger partial charge in [-0.2, -0.15) is 0 Å². The third-order valence-corrected chi connectivity index (χ3v) is 5.48. The molecule has 2 rings (SSSR count). The van der Waals surface area contributed by atoms with Gasteiger partial charge in [0, 0.05) is 41.6 Å². The Morgan fingerprint density at radius 3 is 2.35 bits per heavy atom. The molecule has 1 saturated heterocycles. The predicted molar refractivity (Wildman–Crippen MR) is 103 cm³/mol. The Bertz CT molecular complexity index is 601. The molecule has 1 heterocycles. The molecule has 1 unspecified atom stereocenters. The number of hydrogen-bond acceptors (Lipinski definition) is 5. The summed E-state index contributed by atoms with van der Waals surface area (Å²) < 4.78 is 17.2. The number of ether oxygens (including phenoxy) is 1. The van der Waals surface area contributed by atoms with E-state index in [9.17, 15) is 9.00 Å². The van der Waals surface area contributed by atoms with Crippen LogP contribution >= 0.6 is 0 Å². The van der Waals surface area contributed by atoms with Crippen LogP contribution in [0.25, 0.3) is 0 Å². The number of piperidine rings is 1. The highest BCUT2D eigenvalue weighted by Gasteiger charge is 2.28. The SMILES string of the molecule is CS(=O)c1ccc(CCOCC2CCN(OC(=O)C(C)(C)C)CC2)cc1. The predicted octanol–water partition coefficient (Wildman–Crippen LogP) is 3.20. The smallest absolute Gasteiger partial charge is 0.330 e. The Labute approximate surface area is 159 Å². The molecule has 26 heavy (non-hydrogen) atoms. The Hall–Kier alpha value is -1.24. The van der Waals surface area contributed by atoms with E-state index in [1.54, 1.807) is 11.3 Å². The van der Waals surface area contributed by atoms with Crippen molar-refractivity contribution in [1.29, 1.82) is 0 Å². The standard InChI is InChI=1S/C20H31NO4S/c1-20(2,3)19(22)25-21-12-9-17(10-13-21)15-24-14-11-16-5-7-18(8-6-16)26(4)23/h5-8,17H,9-15H2,1-4H3. The molecule has 0 amide bonds. The maximum absolute atomic E-state index is 11.9. The van der Waals surface area contributed by atoms with Gasteiger partial charge in [-0.1, -0.05) is 12.1 Å². The second-order valence-electron chi connectivity index (χ2n) is 7.92. The summed E-state index contributed by atoms with van der Waals surface area (Å²) in [6.45, 7) is 8.57. The zero-order chi connectivity index (χ0) is 19.2. The van der Waals surface area contributed by atoms with Crippen LogP contribution in [0.1, 0.15) is 39.2 Å². The highest BCUT2D eigenvalue weighted by atomic mass is 32.2. The molecule has 0 spiro atoms. The first-order valence-electron chi connectivity index (χ1n) is 9.23. The second-order valence-corrected chi connectivity index (χ2v) is 9.30.